The Morgan fingerprint density at radius 1 is 1.79 bits per heavy atom. The van der Waals surface area contributed by atoms with Crippen molar-refractivity contribution in [2.24, 2.45) is 12.9 Å². The maximum Gasteiger partial charge on any atom is 0.0540 e. The van der Waals surface area contributed by atoms with Crippen LogP contribution >= 0.6 is 0 Å². The molecule has 0 fully saturated rings. The van der Waals surface area contributed by atoms with E-state index in [-0.39, 0.29) is 6.04 Å². The maximum atomic E-state index is 5.50. The van der Waals surface area contributed by atoms with Gasteiger partial charge in [-0.3, -0.25) is 16.0 Å². The molecule has 0 radical (unpaired) electrons. The molecule has 1 aromatic rings. The lowest BCUT2D eigenvalue weighted by molar-refractivity contribution is 0.517. The van der Waals surface area contributed by atoms with Crippen molar-refractivity contribution in [1.82, 2.24) is 15.2 Å². The van der Waals surface area contributed by atoms with Crippen LogP contribution in [0.25, 0.3) is 0 Å². The molecule has 1 atom stereocenters. The van der Waals surface area contributed by atoms with Gasteiger partial charge in [-0.2, -0.15) is 5.10 Å². The largest absolute Gasteiger partial charge is 0.273 e. The Kier molecular flexibility index (Phi) is 3.85. The molecule has 1 heterocycles. The van der Waals surface area contributed by atoms with E-state index >= 15 is 0 Å². The Morgan fingerprint density at radius 2 is 2.50 bits per heavy atom. The fourth-order valence-electron chi connectivity index (χ4n) is 1.47. The van der Waals surface area contributed by atoms with E-state index in [1.54, 1.807) is 0 Å². The zero-order valence-corrected chi connectivity index (χ0v) is 8.83. The first-order valence-electron chi connectivity index (χ1n) is 4.76. The number of hydrogen-bond acceptors (Lipinski definition) is 3. The minimum atomic E-state index is 0.168. The Balaban J connectivity index is 2.78. The van der Waals surface area contributed by atoms with Crippen LogP contribution < -0.4 is 11.3 Å². The highest BCUT2D eigenvalue weighted by molar-refractivity contribution is 5.20. The van der Waals surface area contributed by atoms with Gasteiger partial charge in [0.25, 0.3) is 0 Å². The van der Waals surface area contributed by atoms with E-state index in [0.29, 0.717) is 0 Å². The van der Waals surface area contributed by atoms with Gasteiger partial charge in [0.2, 0.25) is 0 Å². The number of nitrogens with zero attached hydrogens (tertiary/aromatic N) is 2. The quantitative estimate of drug-likeness (QED) is 0.420. The fraction of sp³-hybridized carbons (Fsp3) is 0.500. The minimum absolute atomic E-state index is 0.168. The van der Waals surface area contributed by atoms with Gasteiger partial charge in [0.1, 0.15) is 0 Å². The summed E-state index contributed by atoms with van der Waals surface area (Å²) in [7, 11) is 1.93. The lowest BCUT2D eigenvalue weighted by Crippen LogP contribution is -2.28. The van der Waals surface area contributed by atoms with Crippen molar-refractivity contribution in [3.63, 3.8) is 0 Å². The van der Waals surface area contributed by atoms with Crippen molar-refractivity contribution in [3.8, 4) is 0 Å². The molecule has 0 aliphatic rings. The SMILES string of the molecule is C=CCCC(NN)c1cnn(C)c1C. The van der Waals surface area contributed by atoms with Crippen molar-refractivity contribution >= 4 is 0 Å². The van der Waals surface area contributed by atoms with Crippen molar-refractivity contribution in [2.75, 3.05) is 0 Å². The highest BCUT2D eigenvalue weighted by Gasteiger charge is 2.13. The Morgan fingerprint density at radius 3 is 2.93 bits per heavy atom. The number of aryl methyl sites for hydroxylation is 1. The lowest BCUT2D eigenvalue weighted by atomic mass is 10.0. The molecule has 14 heavy (non-hydrogen) atoms. The van der Waals surface area contributed by atoms with Crippen LogP contribution in [0.3, 0.4) is 0 Å². The van der Waals surface area contributed by atoms with Crippen LogP contribution in [-0.2, 0) is 7.05 Å². The third kappa shape index (κ3) is 2.21. The lowest BCUT2D eigenvalue weighted by Gasteiger charge is -2.14. The van der Waals surface area contributed by atoms with Crippen LogP contribution in [0.4, 0.5) is 0 Å². The van der Waals surface area contributed by atoms with E-state index in [1.807, 2.05) is 30.9 Å². The summed E-state index contributed by atoms with van der Waals surface area (Å²) in [6.07, 6.45) is 5.66. The molecule has 1 rings (SSSR count). The molecule has 78 valence electrons. The summed E-state index contributed by atoms with van der Waals surface area (Å²) in [4.78, 5) is 0. The van der Waals surface area contributed by atoms with E-state index in [0.717, 1.165) is 24.1 Å². The summed E-state index contributed by atoms with van der Waals surface area (Å²) >= 11 is 0. The summed E-state index contributed by atoms with van der Waals surface area (Å²) < 4.78 is 1.85. The van der Waals surface area contributed by atoms with Crippen LogP contribution in [-0.4, -0.2) is 9.78 Å². The topological polar surface area (TPSA) is 55.9 Å². The second kappa shape index (κ2) is 4.93. The zero-order chi connectivity index (χ0) is 10.6. The summed E-state index contributed by atoms with van der Waals surface area (Å²) in [5.74, 6) is 5.50. The highest BCUT2D eigenvalue weighted by Crippen LogP contribution is 2.20. The molecule has 1 aromatic heterocycles. The number of hydrogen-bond donors (Lipinski definition) is 2. The summed E-state index contributed by atoms with van der Waals surface area (Å²) in [6.45, 7) is 5.74. The molecule has 0 aromatic carbocycles. The average Bonchev–Trinajstić information content (AvgIpc) is 2.51. The van der Waals surface area contributed by atoms with Crippen molar-refractivity contribution in [3.05, 3.63) is 30.1 Å². The van der Waals surface area contributed by atoms with Gasteiger partial charge in [-0.1, -0.05) is 6.08 Å². The fourth-order valence-corrected chi connectivity index (χ4v) is 1.47. The highest BCUT2D eigenvalue weighted by atomic mass is 15.3. The van der Waals surface area contributed by atoms with Crippen LogP contribution in [0.1, 0.15) is 30.1 Å². The molecule has 4 nitrogen and oxygen atoms in total. The maximum absolute atomic E-state index is 5.50. The summed E-state index contributed by atoms with van der Waals surface area (Å²) in [5.41, 5.74) is 5.12. The second-order valence-corrected chi connectivity index (χ2v) is 3.39. The van der Waals surface area contributed by atoms with Gasteiger partial charge in [0.15, 0.2) is 0 Å². The first kappa shape index (κ1) is 10.9. The van der Waals surface area contributed by atoms with Crippen molar-refractivity contribution < 1.29 is 0 Å². The number of nitrogens with one attached hydrogen (secondary N) is 1. The molecule has 0 saturated carbocycles. The van der Waals surface area contributed by atoms with Crippen LogP contribution in [0.2, 0.25) is 0 Å². The Bertz CT molecular complexity index is 303. The molecule has 0 amide bonds. The third-order valence-corrected chi connectivity index (χ3v) is 2.51. The number of allylic oxidation sites excluding steroid dienone is 1. The molecule has 1 unspecified atom stereocenters. The molecule has 3 N–H and O–H groups in total. The third-order valence-electron chi connectivity index (χ3n) is 2.51. The van der Waals surface area contributed by atoms with Gasteiger partial charge >= 0.3 is 0 Å². The molecule has 0 spiro atoms. The number of aromatic nitrogens is 2. The smallest absolute Gasteiger partial charge is 0.0540 e. The molecular weight excluding hydrogens is 176 g/mol. The van der Waals surface area contributed by atoms with E-state index in [1.165, 1.54) is 0 Å². The molecule has 0 aliphatic heterocycles. The summed E-state index contributed by atoms with van der Waals surface area (Å²) in [5, 5.41) is 4.19. The van der Waals surface area contributed by atoms with E-state index < -0.39 is 0 Å². The molecular formula is C10H18N4. The minimum Gasteiger partial charge on any atom is -0.273 e. The molecule has 4 heteroatoms. The van der Waals surface area contributed by atoms with Crippen LogP contribution in [0.15, 0.2) is 18.9 Å². The zero-order valence-electron chi connectivity index (χ0n) is 8.83. The van der Waals surface area contributed by atoms with Crippen LogP contribution in [0, 0.1) is 6.92 Å². The van der Waals surface area contributed by atoms with E-state index in [9.17, 15) is 0 Å². The molecule has 0 bridgehead atoms. The number of nitrogens with two attached hydrogens (primary N) is 1. The standard InChI is InChI=1S/C10H18N4/c1-4-5-6-10(13-11)9-7-12-14(3)8(9)2/h4,7,10,13H,1,5-6,11H2,2-3H3. The van der Waals surface area contributed by atoms with Gasteiger partial charge in [0, 0.05) is 24.3 Å². The normalized spacial score (nSPS) is 12.8. The van der Waals surface area contributed by atoms with Crippen molar-refractivity contribution in [2.45, 2.75) is 25.8 Å². The van der Waals surface area contributed by atoms with E-state index in [2.05, 4.69) is 17.1 Å². The van der Waals surface area contributed by atoms with Crippen LogP contribution in [0.5, 0.6) is 0 Å². The predicted octanol–water partition coefficient (Wildman–Crippen LogP) is 1.20. The Hall–Kier alpha value is -1.13. The molecule has 0 aliphatic carbocycles. The van der Waals surface area contributed by atoms with E-state index in [4.69, 9.17) is 5.84 Å². The predicted molar refractivity (Wildman–Crippen MR) is 57.4 cm³/mol. The molecule has 0 saturated heterocycles. The number of rotatable bonds is 5. The monoisotopic (exact) mass is 194 g/mol. The number of hydrazine groups is 1. The van der Waals surface area contributed by atoms with Gasteiger partial charge in [-0.05, 0) is 19.8 Å². The van der Waals surface area contributed by atoms with Gasteiger partial charge in [0.05, 0.1) is 6.20 Å². The van der Waals surface area contributed by atoms with Gasteiger partial charge in [-0.25, -0.2) is 0 Å². The van der Waals surface area contributed by atoms with Gasteiger partial charge < -0.3 is 0 Å². The van der Waals surface area contributed by atoms with Crippen molar-refractivity contribution in [1.29, 1.82) is 0 Å². The second-order valence-electron chi connectivity index (χ2n) is 3.39. The first-order valence-corrected chi connectivity index (χ1v) is 4.76. The van der Waals surface area contributed by atoms with Gasteiger partial charge in [-0.15, -0.1) is 6.58 Å². The first-order chi connectivity index (χ1) is 6.70. The Labute approximate surface area is 84.8 Å². The summed E-state index contributed by atoms with van der Waals surface area (Å²) in [6, 6.07) is 0.168. The average molecular weight is 194 g/mol.